The first-order valence-corrected chi connectivity index (χ1v) is 8.13. The molecule has 1 aromatic heterocycles. The van der Waals surface area contributed by atoms with Crippen molar-refractivity contribution in [2.75, 3.05) is 11.9 Å². The summed E-state index contributed by atoms with van der Waals surface area (Å²) in [7, 11) is 0. The van der Waals surface area contributed by atoms with Crippen molar-refractivity contribution in [3.63, 3.8) is 0 Å². The van der Waals surface area contributed by atoms with Gasteiger partial charge in [-0.25, -0.2) is 9.59 Å². The van der Waals surface area contributed by atoms with Gasteiger partial charge in [-0.05, 0) is 36.8 Å². The van der Waals surface area contributed by atoms with E-state index in [4.69, 9.17) is 9.15 Å². The van der Waals surface area contributed by atoms with Gasteiger partial charge in [-0.2, -0.15) is 0 Å². The molecule has 1 aliphatic rings. The molecule has 7 heteroatoms. The number of fused-ring (bicyclic) bond motifs is 1. The Kier molecular flexibility index (Phi) is 5.04. The van der Waals surface area contributed by atoms with Crippen LogP contribution in [0.2, 0.25) is 0 Å². The first-order chi connectivity index (χ1) is 12.1. The number of hydrogen-bond acceptors (Lipinski definition) is 5. The number of urea groups is 1. The molecule has 7 nitrogen and oxygen atoms in total. The summed E-state index contributed by atoms with van der Waals surface area (Å²) < 4.78 is 10.3. The van der Waals surface area contributed by atoms with E-state index in [1.807, 2.05) is 6.92 Å². The third-order valence-corrected chi connectivity index (χ3v) is 4.23. The van der Waals surface area contributed by atoms with Crippen LogP contribution in [-0.2, 0) is 17.9 Å². The number of carbonyl (C=O) groups is 2. The molecular weight excluding hydrogens is 324 g/mol. The highest BCUT2D eigenvalue weighted by Gasteiger charge is 2.25. The fourth-order valence-corrected chi connectivity index (χ4v) is 2.79. The number of rotatable bonds is 6. The number of benzene rings is 1. The minimum Gasteiger partial charge on any atom is -0.467 e. The third-order valence-electron chi connectivity index (χ3n) is 4.23. The van der Waals surface area contributed by atoms with Crippen LogP contribution in [0.4, 0.5) is 10.5 Å². The van der Waals surface area contributed by atoms with E-state index in [0.717, 1.165) is 5.56 Å². The molecule has 3 rings (SSSR count). The van der Waals surface area contributed by atoms with Gasteiger partial charge in [0.05, 0.1) is 31.0 Å². The molecule has 2 N–H and O–H groups in total. The molecule has 1 aromatic carbocycles. The average Bonchev–Trinajstić information content (AvgIpc) is 3.25. The summed E-state index contributed by atoms with van der Waals surface area (Å²) in [5.41, 5.74) is 1.83. The Morgan fingerprint density at radius 3 is 2.92 bits per heavy atom. The van der Waals surface area contributed by atoms with Crippen LogP contribution in [0.15, 0.2) is 41.0 Å². The number of nitrogens with zero attached hydrogens (tertiary/aromatic N) is 1. The number of carbonyl (C=O) groups excluding carboxylic acids is 2. The quantitative estimate of drug-likeness (QED) is 0.786. The highest BCUT2D eigenvalue weighted by atomic mass is 16.5. The molecule has 132 valence electrons. The molecular formula is C18H20N2O5. The second kappa shape index (κ2) is 7.40. The number of anilines is 1. The van der Waals surface area contributed by atoms with Crippen molar-refractivity contribution in [1.82, 2.24) is 4.90 Å². The van der Waals surface area contributed by atoms with Gasteiger partial charge in [0.2, 0.25) is 0 Å². The fourth-order valence-electron chi connectivity index (χ4n) is 2.79. The predicted octanol–water partition coefficient (Wildman–Crippen LogP) is 2.76. The predicted molar refractivity (Wildman–Crippen MR) is 90.0 cm³/mol. The van der Waals surface area contributed by atoms with Gasteiger partial charge >= 0.3 is 12.0 Å². The van der Waals surface area contributed by atoms with Crippen LogP contribution in [-0.4, -0.2) is 34.7 Å². The number of nitrogens with one attached hydrogen (secondary N) is 1. The zero-order valence-corrected chi connectivity index (χ0v) is 13.9. The van der Waals surface area contributed by atoms with Gasteiger partial charge in [0.25, 0.3) is 0 Å². The topological polar surface area (TPSA) is 92.0 Å². The lowest BCUT2D eigenvalue weighted by Crippen LogP contribution is -2.44. The van der Waals surface area contributed by atoms with E-state index in [0.29, 0.717) is 23.4 Å². The molecule has 1 unspecified atom stereocenters. The summed E-state index contributed by atoms with van der Waals surface area (Å²) in [6.07, 6.45) is 2.15. The molecule has 0 aliphatic carbocycles. The molecule has 1 aliphatic heterocycles. The second-order valence-corrected chi connectivity index (χ2v) is 5.83. The minimum atomic E-state index is -0.348. The molecule has 0 saturated heterocycles. The van der Waals surface area contributed by atoms with Crippen molar-refractivity contribution in [3.8, 4) is 0 Å². The van der Waals surface area contributed by atoms with Crippen molar-refractivity contribution in [1.29, 1.82) is 0 Å². The van der Waals surface area contributed by atoms with E-state index < -0.39 is 0 Å². The molecule has 2 heterocycles. The summed E-state index contributed by atoms with van der Waals surface area (Å²) in [5, 5.41) is 12.4. The van der Waals surface area contributed by atoms with Crippen molar-refractivity contribution < 1.29 is 23.8 Å². The Morgan fingerprint density at radius 1 is 1.40 bits per heavy atom. The number of furan rings is 1. The molecule has 2 amide bonds. The lowest BCUT2D eigenvalue weighted by atomic mass is 10.1. The van der Waals surface area contributed by atoms with Crippen LogP contribution in [0, 0.1) is 0 Å². The van der Waals surface area contributed by atoms with Gasteiger partial charge in [-0.3, -0.25) is 0 Å². The van der Waals surface area contributed by atoms with E-state index >= 15 is 0 Å². The summed E-state index contributed by atoms with van der Waals surface area (Å²) in [6, 6.07) is 7.88. The van der Waals surface area contributed by atoms with E-state index in [9.17, 15) is 14.7 Å². The smallest absolute Gasteiger partial charge is 0.338 e. The number of aliphatic hydroxyl groups excluding tert-OH is 1. The van der Waals surface area contributed by atoms with Gasteiger partial charge in [0.15, 0.2) is 0 Å². The first-order valence-electron chi connectivity index (χ1n) is 8.13. The zero-order valence-electron chi connectivity index (χ0n) is 13.9. The van der Waals surface area contributed by atoms with E-state index in [-0.39, 0.29) is 37.8 Å². The third kappa shape index (κ3) is 3.66. The van der Waals surface area contributed by atoms with Gasteiger partial charge < -0.3 is 24.5 Å². The fraction of sp³-hybridized carbons (Fsp3) is 0.333. The molecule has 0 bridgehead atoms. The average molecular weight is 344 g/mol. The maximum absolute atomic E-state index is 12.7. The first kappa shape index (κ1) is 17.0. The van der Waals surface area contributed by atoms with E-state index in [1.54, 1.807) is 36.6 Å². The maximum atomic E-state index is 12.7. The maximum Gasteiger partial charge on any atom is 0.338 e. The van der Waals surface area contributed by atoms with Crippen molar-refractivity contribution >= 4 is 17.7 Å². The van der Waals surface area contributed by atoms with Crippen LogP contribution in [0.1, 0.15) is 35.0 Å². The Balaban J connectivity index is 1.76. The monoisotopic (exact) mass is 344 g/mol. The standard InChI is InChI=1S/C18H20N2O5/c1-2-14(10-21)20(9-15-4-3-7-24-15)18(23)19-13-5-6-16-12(8-13)11-25-17(16)22/h3-8,14,21H,2,9-11H2,1H3,(H,19,23). The highest BCUT2D eigenvalue weighted by molar-refractivity contribution is 5.95. The van der Waals surface area contributed by atoms with Crippen LogP contribution in [0.25, 0.3) is 0 Å². The Labute approximate surface area is 145 Å². The number of amides is 2. The lowest BCUT2D eigenvalue weighted by molar-refractivity contribution is 0.0535. The van der Waals surface area contributed by atoms with Crippen molar-refractivity contribution in [2.45, 2.75) is 32.5 Å². The molecule has 0 spiro atoms. The van der Waals surface area contributed by atoms with Gasteiger partial charge in [-0.1, -0.05) is 6.92 Å². The molecule has 0 saturated carbocycles. The normalized spacial score (nSPS) is 13.9. The SMILES string of the molecule is CCC(CO)N(Cc1ccco1)C(=O)Nc1ccc2c(c1)COC2=O. The number of cyclic esters (lactones) is 1. The molecule has 2 aromatic rings. The molecule has 0 fully saturated rings. The van der Waals surface area contributed by atoms with Crippen LogP contribution >= 0.6 is 0 Å². The largest absolute Gasteiger partial charge is 0.467 e. The summed E-state index contributed by atoms with van der Waals surface area (Å²) in [4.78, 5) is 25.8. The van der Waals surface area contributed by atoms with E-state index in [2.05, 4.69) is 5.32 Å². The Bertz CT molecular complexity index is 753. The second-order valence-electron chi connectivity index (χ2n) is 5.83. The lowest BCUT2D eigenvalue weighted by Gasteiger charge is -2.29. The zero-order chi connectivity index (χ0) is 17.8. The number of ether oxygens (including phenoxy) is 1. The van der Waals surface area contributed by atoms with Crippen LogP contribution in [0.5, 0.6) is 0 Å². The highest BCUT2D eigenvalue weighted by Crippen LogP contribution is 2.24. The molecule has 25 heavy (non-hydrogen) atoms. The van der Waals surface area contributed by atoms with Crippen molar-refractivity contribution in [2.24, 2.45) is 0 Å². The number of esters is 1. The molecule has 0 radical (unpaired) electrons. The summed E-state index contributed by atoms with van der Waals surface area (Å²) in [5.74, 6) is 0.286. The molecule has 1 atom stereocenters. The number of hydrogen-bond donors (Lipinski definition) is 2. The Morgan fingerprint density at radius 2 is 2.24 bits per heavy atom. The summed E-state index contributed by atoms with van der Waals surface area (Å²) in [6.45, 7) is 2.23. The van der Waals surface area contributed by atoms with Gasteiger partial charge in [0, 0.05) is 11.3 Å². The van der Waals surface area contributed by atoms with Gasteiger partial charge in [0.1, 0.15) is 12.4 Å². The van der Waals surface area contributed by atoms with Crippen molar-refractivity contribution in [3.05, 3.63) is 53.5 Å². The minimum absolute atomic E-state index is 0.142. The van der Waals surface area contributed by atoms with Crippen LogP contribution < -0.4 is 5.32 Å². The van der Waals surface area contributed by atoms with Crippen LogP contribution in [0.3, 0.4) is 0 Å². The van der Waals surface area contributed by atoms with Gasteiger partial charge in [-0.15, -0.1) is 0 Å². The number of aliphatic hydroxyl groups is 1. The summed E-state index contributed by atoms with van der Waals surface area (Å²) >= 11 is 0. The van der Waals surface area contributed by atoms with E-state index in [1.165, 1.54) is 4.90 Å². The Hall–Kier alpha value is -2.80.